The van der Waals surface area contributed by atoms with E-state index in [4.69, 9.17) is 16.0 Å². The highest BCUT2D eigenvalue weighted by molar-refractivity contribution is 6.30. The number of halogens is 1. The van der Waals surface area contributed by atoms with Crippen molar-refractivity contribution in [2.75, 3.05) is 5.32 Å². The third-order valence-corrected chi connectivity index (χ3v) is 6.19. The summed E-state index contributed by atoms with van der Waals surface area (Å²) in [6.45, 7) is 1.75. The van der Waals surface area contributed by atoms with Gasteiger partial charge in [0.05, 0.1) is 21.8 Å². The van der Waals surface area contributed by atoms with Gasteiger partial charge < -0.3 is 9.73 Å². The minimum atomic E-state index is -0.247. The fourth-order valence-corrected chi connectivity index (χ4v) is 4.39. The molecule has 8 heteroatoms. The van der Waals surface area contributed by atoms with Crippen LogP contribution in [0.25, 0.3) is 45.4 Å². The van der Waals surface area contributed by atoms with E-state index in [-0.39, 0.29) is 5.56 Å². The fraction of sp³-hybridized carbons (Fsp3) is 0.0370. The Morgan fingerprint density at radius 2 is 1.91 bits per heavy atom. The number of hydrogen-bond donors (Lipinski definition) is 1. The molecular weight excluding hydrogens is 462 g/mol. The molecule has 0 saturated heterocycles. The Bertz CT molecular complexity index is 1950. The summed E-state index contributed by atoms with van der Waals surface area (Å²) in [5, 5.41) is 14.0. The molecule has 0 saturated carbocycles. The molecule has 6 aromatic rings. The molecule has 0 aliphatic carbocycles. The summed E-state index contributed by atoms with van der Waals surface area (Å²) in [6.07, 6.45) is 1.62. The van der Waals surface area contributed by atoms with Crippen molar-refractivity contribution >= 4 is 51.3 Å². The Morgan fingerprint density at radius 1 is 1.06 bits per heavy atom. The second-order valence-corrected chi connectivity index (χ2v) is 8.53. The minimum absolute atomic E-state index is 0.247. The van der Waals surface area contributed by atoms with Crippen LogP contribution in [0.4, 0.5) is 5.69 Å². The summed E-state index contributed by atoms with van der Waals surface area (Å²) in [7, 11) is 0. The topological polar surface area (TPSA) is 96.2 Å². The highest BCUT2D eigenvalue weighted by atomic mass is 35.5. The molecule has 35 heavy (non-hydrogen) atoms. The van der Waals surface area contributed by atoms with Crippen LogP contribution in [0.5, 0.6) is 0 Å². The van der Waals surface area contributed by atoms with Crippen molar-refractivity contribution in [1.82, 2.24) is 14.4 Å². The second-order valence-electron chi connectivity index (χ2n) is 8.09. The summed E-state index contributed by atoms with van der Waals surface area (Å²) < 4.78 is 7.36. The van der Waals surface area contributed by atoms with E-state index in [0.717, 1.165) is 11.3 Å². The first-order valence-corrected chi connectivity index (χ1v) is 11.2. The number of anilines is 1. The maximum Gasteiger partial charge on any atom is 0.265 e. The number of rotatable bonds is 3. The van der Waals surface area contributed by atoms with E-state index >= 15 is 0 Å². The Balaban J connectivity index is 1.45. The van der Waals surface area contributed by atoms with Gasteiger partial charge in [-0.25, -0.2) is 9.97 Å². The van der Waals surface area contributed by atoms with Crippen LogP contribution < -0.4 is 16.1 Å². The van der Waals surface area contributed by atoms with Crippen molar-refractivity contribution in [3.05, 3.63) is 98.5 Å². The normalized spacial score (nSPS) is 12.0. The highest BCUT2D eigenvalue weighted by Gasteiger charge is 2.16. The first-order valence-electron chi connectivity index (χ1n) is 10.8. The Morgan fingerprint density at radius 3 is 2.74 bits per heavy atom. The summed E-state index contributed by atoms with van der Waals surface area (Å²) in [6, 6.07) is 22.3. The number of oxazole rings is 1. The predicted octanol–water partition coefficient (Wildman–Crippen LogP) is 5.06. The van der Waals surface area contributed by atoms with Gasteiger partial charge in [-0.05, 0) is 61.0 Å². The lowest BCUT2D eigenvalue weighted by Crippen LogP contribution is -2.34. The first kappa shape index (κ1) is 20.9. The Kier molecular flexibility index (Phi) is 4.76. The number of nitrogens with one attached hydrogen (secondary N) is 1. The lowest BCUT2D eigenvalue weighted by molar-refractivity contribution is 0.620. The van der Waals surface area contributed by atoms with E-state index in [1.54, 1.807) is 25.3 Å². The van der Waals surface area contributed by atoms with Gasteiger partial charge in [0, 0.05) is 22.5 Å². The van der Waals surface area contributed by atoms with Crippen LogP contribution in [0.2, 0.25) is 5.02 Å². The van der Waals surface area contributed by atoms with Crippen LogP contribution in [-0.2, 0) is 0 Å². The third kappa shape index (κ3) is 3.39. The van der Waals surface area contributed by atoms with Gasteiger partial charge in [0.2, 0.25) is 5.89 Å². The van der Waals surface area contributed by atoms with Crippen LogP contribution in [0.3, 0.4) is 0 Å². The van der Waals surface area contributed by atoms with Crippen LogP contribution in [0.15, 0.2) is 75.9 Å². The number of hydrogen-bond acceptors (Lipinski definition) is 6. The summed E-state index contributed by atoms with van der Waals surface area (Å²) in [5.41, 5.74) is 5.17. The largest absolute Gasteiger partial charge is 0.436 e. The SMILES string of the molecule is Cc1c(C#N)c2nc3ccccc3n2c(=O)/c1=C\Nc1ccc2oc(-c3cccc(Cl)c3)nc2c1. The number of nitrogens with zero attached hydrogens (tertiary/aromatic N) is 4. The number of aromatic nitrogens is 3. The number of benzene rings is 3. The van der Waals surface area contributed by atoms with Gasteiger partial charge in [0.1, 0.15) is 11.6 Å². The lowest BCUT2D eigenvalue weighted by Gasteiger charge is -2.04. The number of para-hydroxylation sites is 2. The van der Waals surface area contributed by atoms with Crippen molar-refractivity contribution in [3.8, 4) is 17.5 Å². The van der Waals surface area contributed by atoms with Gasteiger partial charge in [-0.3, -0.25) is 9.20 Å². The van der Waals surface area contributed by atoms with E-state index in [0.29, 0.717) is 55.0 Å². The Labute approximate surface area is 203 Å². The molecule has 0 bridgehead atoms. The van der Waals surface area contributed by atoms with Gasteiger partial charge in [0.25, 0.3) is 5.56 Å². The number of imidazole rings is 1. The van der Waals surface area contributed by atoms with Gasteiger partial charge in [0.15, 0.2) is 11.2 Å². The van der Waals surface area contributed by atoms with Crippen molar-refractivity contribution in [1.29, 1.82) is 5.26 Å². The van der Waals surface area contributed by atoms with Crippen LogP contribution in [-0.4, -0.2) is 14.4 Å². The molecule has 3 aromatic heterocycles. The predicted molar refractivity (Wildman–Crippen MR) is 136 cm³/mol. The number of nitriles is 1. The lowest BCUT2D eigenvalue weighted by atomic mass is 10.1. The van der Waals surface area contributed by atoms with Crippen molar-refractivity contribution in [3.63, 3.8) is 0 Å². The maximum absolute atomic E-state index is 13.4. The van der Waals surface area contributed by atoms with Gasteiger partial charge in [-0.1, -0.05) is 29.8 Å². The quantitative estimate of drug-likeness (QED) is 0.383. The molecule has 168 valence electrons. The molecule has 3 aromatic carbocycles. The highest BCUT2D eigenvalue weighted by Crippen LogP contribution is 2.27. The third-order valence-electron chi connectivity index (χ3n) is 5.95. The van der Waals surface area contributed by atoms with Crippen molar-refractivity contribution in [2.45, 2.75) is 6.92 Å². The molecule has 6 rings (SSSR count). The van der Waals surface area contributed by atoms with Gasteiger partial charge in [-0.2, -0.15) is 5.26 Å². The van der Waals surface area contributed by atoms with E-state index in [9.17, 15) is 10.1 Å². The van der Waals surface area contributed by atoms with E-state index in [1.807, 2.05) is 54.6 Å². The molecule has 0 amide bonds. The monoisotopic (exact) mass is 477 g/mol. The van der Waals surface area contributed by atoms with Gasteiger partial charge in [-0.15, -0.1) is 0 Å². The minimum Gasteiger partial charge on any atom is -0.436 e. The second kappa shape index (κ2) is 7.97. The molecule has 1 N–H and O–H groups in total. The summed E-state index contributed by atoms with van der Waals surface area (Å²) in [4.78, 5) is 22.5. The van der Waals surface area contributed by atoms with Crippen molar-refractivity contribution in [2.24, 2.45) is 0 Å². The standard InChI is InChI=1S/C27H16ClN5O2/c1-15-19(13-29)25-31-21-7-2-3-8-23(21)33(25)27(34)20(15)14-30-18-9-10-24-22(12-18)32-26(35-24)16-5-4-6-17(28)11-16/h2-12,14,30H,1H3/b20-14-. The molecule has 7 nitrogen and oxygen atoms in total. The molecule has 0 aliphatic heterocycles. The first-order chi connectivity index (χ1) is 17.0. The molecule has 0 fully saturated rings. The molecule has 3 heterocycles. The molecule has 0 atom stereocenters. The molecule has 0 aliphatic rings. The number of pyridine rings is 1. The van der Waals surface area contributed by atoms with Crippen LogP contribution in [0.1, 0.15) is 11.1 Å². The maximum atomic E-state index is 13.4. The van der Waals surface area contributed by atoms with Gasteiger partial charge >= 0.3 is 0 Å². The fourth-order valence-electron chi connectivity index (χ4n) is 4.20. The van der Waals surface area contributed by atoms with Crippen LogP contribution in [0, 0.1) is 18.3 Å². The van der Waals surface area contributed by atoms with Crippen LogP contribution >= 0.6 is 11.6 Å². The zero-order valence-electron chi connectivity index (χ0n) is 18.4. The van der Waals surface area contributed by atoms with E-state index in [1.165, 1.54) is 4.40 Å². The van der Waals surface area contributed by atoms with Crippen molar-refractivity contribution < 1.29 is 4.42 Å². The summed E-state index contributed by atoms with van der Waals surface area (Å²) in [5.74, 6) is 0.470. The van der Waals surface area contributed by atoms with E-state index in [2.05, 4.69) is 21.4 Å². The van der Waals surface area contributed by atoms with E-state index < -0.39 is 0 Å². The zero-order chi connectivity index (χ0) is 24.1. The zero-order valence-corrected chi connectivity index (χ0v) is 19.2. The molecule has 0 radical (unpaired) electrons. The average molecular weight is 478 g/mol. The smallest absolute Gasteiger partial charge is 0.265 e. The molecule has 0 spiro atoms. The molecular formula is C27H16ClN5O2. The molecule has 0 unspecified atom stereocenters. The average Bonchev–Trinajstić information content (AvgIpc) is 3.46. The summed E-state index contributed by atoms with van der Waals surface area (Å²) >= 11 is 6.09. The Hall–Kier alpha value is -4.67. The number of fused-ring (bicyclic) bond motifs is 4.